The number of hydrogen-bond donors (Lipinski definition) is 1. The molecule has 9 heteroatoms. The largest absolute Gasteiger partial charge is 0.481 e. The van der Waals surface area contributed by atoms with Crippen LogP contribution in [0.3, 0.4) is 0 Å². The Morgan fingerprint density at radius 1 is 1.26 bits per heavy atom. The summed E-state index contributed by atoms with van der Waals surface area (Å²) in [5, 5.41) is 4.59. The Balaban J connectivity index is 1.90. The number of methoxy groups -OCH3 is 1. The van der Waals surface area contributed by atoms with Crippen molar-refractivity contribution in [2.24, 2.45) is 5.10 Å². The molecule has 0 aliphatic rings. The zero-order chi connectivity index (χ0) is 19.6. The number of ether oxygens (including phenoxy) is 2. The first kappa shape index (κ1) is 21.3. The van der Waals surface area contributed by atoms with Gasteiger partial charge in [-0.1, -0.05) is 27.5 Å². The second kappa shape index (κ2) is 11.0. The summed E-state index contributed by atoms with van der Waals surface area (Å²) in [6, 6.07) is 12.4. The number of esters is 1. The molecule has 0 atom stereocenters. The van der Waals surface area contributed by atoms with Gasteiger partial charge in [-0.25, -0.2) is 10.2 Å². The number of halogens is 2. The summed E-state index contributed by atoms with van der Waals surface area (Å²) >= 11 is 10.6. The first-order chi connectivity index (χ1) is 13.0. The van der Waals surface area contributed by atoms with E-state index in [-0.39, 0.29) is 18.3 Å². The van der Waals surface area contributed by atoms with Crippen LogP contribution < -0.4 is 10.2 Å². The fourth-order valence-electron chi connectivity index (χ4n) is 1.83. The van der Waals surface area contributed by atoms with Crippen LogP contribution >= 0.6 is 39.3 Å². The third kappa shape index (κ3) is 7.62. The maximum atomic E-state index is 11.9. The van der Waals surface area contributed by atoms with Crippen LogP contribution in [0.5, 0.6) is 5.75 Å². The lowest BCUT2D eigenvalue weighted by atomic mass is 10.2. The van der Waals surface area contributed by atoms with E-state index in [1.54, 1.807) is 30.3 Å². The van der Waals surface area contributed by atoms with E-state index < -0.39 is 5.97 Å². The van der Waals surface area contributed by atoms with E-state index in [1.165, 1.54) is 25.1 Å². The highest BCUT2D eigenvalue weighted by Crippen LogP contribution is 2.22. The zero-order valence-electron chi connectivity index (χ0n) is 14.3. The Bertz CT molecular complexity index is 831. The van der Waals surface area contributed by atoms with Crippen LogP contribution in [0.25, 0.3) is 0 Å². The Hall–Kier alpha value is -2.03. The number of carbonyl (C=O) groups excluding carboxylic acids is 2. The Morgan fingerprint density at radius 3 is 2.70 bits per heavy atom. The molecule has 0 heterocycles. The molecule has 2 aromatic carbocycles. The molecule has 0 spiro atoms. The third-order valence-electron chi connectivity index (χ3n) is 3.12. The van der Waals surface area contributed by atoms with Crippen LogP contribution in [0.4, 0.5) is 0 Å². The first-order valence-electron chi connectivity index (χ1n) is 7.67. The van der Waals surface area contributed by atoms with Crippen LogP contribution in [0.15, 0.2) is 56.9 Å². The molecule has 27 heavy (non-hydrogen) atoms. The normalized spacial score (nSPS) is 10.6. The van der Waals surface area contributed by atoms with Crippen molar-refractivity contribution in [3.8, 4) is 5.75 Å². The molecule has 0 radical (unpaired) electrons. The summed E-state index contributed by atoms with van der Waals surface area (Å²) in [5.41, 5.74) is 3.05. The molecule has 0 aliphatic heterocycles. The van der Waals surface area contributed by atoms with Gasteiger partial charge in [0.15, 0.2) is 6.61 Å². The number of amides is 1. The Kier molecular flexibility index (Phi) is 8.63. The molecule has 0 fully saturated rings. The molecule has 0 bridgehead atoms. The molecule has 0 saturated carbocycles. The molecule has 1 amide bonds. The van der Waals surface area contributed by atoms with E-state index in [0.717, 1.165) is 9.37 Å². The molecular formula is C18H16BrClN2O4S. The van der Waals surface area contributed by atoms with E-state index in [9.17, 15) is 9.59 Å². The van der Waals surface area contributed by atoms with Crippen molar-refractivity contribution in [1.29, 1.82) is 0 Å². The molecule has 0 aromatic heterocycles. The molecule has 0 saturated heterocycles. The third-order valence-corrected chi connectivity index (χ3v) is 4.88. The highest BCUT2D eigenvalue weighted by atomic mass is 79.9. The average molecular weight is 472 g/mol. The minimum atomic E-state index is -0.492. The number of nitrogens with one attached hydrogen (secondary N) is 1. The number of carbonyl (C=O) groups is 2. The van der Waals surface area contributed by atoms with Crippen molar-refractivity contribution in [2.75, 3.05) is 19.5 Å². The van der Waals surface area contributed by atoms with Crippen molar-refractivity contribution >= 4 is 57.4 Å². The maximum absolute atomic E-state index is 11.9. The molecule has 142 valence electrons. The molecule has 0 unspecified atom stereocenters. The number of hydrogen-bond acceptors (Lipinski definition) is 6. The van der Waals surface area contributed by atoms with Crippen molar-refractivity contribution in [1.82, 2.24) is 5.43 Å². The topological polar surface area (TPSA) is 77.0 Å². The fourth-order valence-corrected chi connectivity index (χ4v) is 3.03. The van der Waals surface area contributed by atoms with Gasteiger partial charge in [0.2, 0.25) is 5.91 Å². The average Bonchev–Trinajstić information content (AvgIpc) is 2.66. The summed E-state index contributed by atoms with van der Waals surface area (Å²) in [6.07, 6.45) is 1.45. The molecule has 0 aliphatic carbocycles. The van der Waals surface area contributed by atoms with Crippen LogP contribution in [-0.2, 0) is 14.3 Å². The maximum Gasteiger partial charge on any atom is 0.343 e. The highest BCUT2D eigenvalue weighted by molar-refractivity contribution is 9.10. The molecule has 6 nitrogen and oxygen atoms in total. The zero-order valence-corrected chi connectivity index (χ0v) is 17.4. The molecule has 2 aromatic rings. The van der Waals surface area contributed by atoms with Gasteiger partial charge in [0, 0.05) is 20.0 Å². The minimum absolute atomic E-state index is 0.211. The standard InChI is InChI=1S/C18H16BrClN2O4S/c1-25-18(24)10-26-16-7-2-13(19)8-12(16)9-21-22-17(23)11-27-15-5-3-14(20)4-6-15/h2-9H,10-11H2,1H3,(H,22,23)/b21-9-. The smallest absolute Gasteiger partial charge is 0.343 e. The lowest BCUT2D eigenvalue weighted by Crippen LogP contribution is -2.19. The van der Waals surface area contributed by atoms with Crippen LogP contribution in [0, 0.1) is 0 Å². The van der Waals surface area contributed by atoms with Crippen molar-refractivity contribution in [3.63, 3.8) is 0 Å². The number of rotatable bonds is 8. The van der Waals surface area contributed by atoms with E-state index in [0.29, 0.717) is 16.3 Å². The van der Waals surface area contributed by atoms with Crippen LogP contribution in [0.2, 0.25) is 5.02 Å². The SMILES string of the molecule is COC(=O)COc1ccc(Br)cc1/C=N\NC(=O)CSc1ccc(Cl)cc1. The van der Waals surface area contributed by atoms with Gasteiger partial charge in [0.05, 0.1) is 19.1 Å². The minimum Gasteiger partial charge on any atom is -0.481 e. The lowest BCUT2D eigenvalue weighted by molar-refractivity contribution is -0.142. The van der Waals surface area contributed by atoms with Gasteiger partial charge in [-0.2, -0.15) is 5.10 Å². The van der Waals surface area contributed by atoms with Crippen molar-refractivity contribution < 1.29 is 19.1 Å². The van der Waals surface area contributed by atoms with Crippen LogP contribution in [-0.4, -0.2) is 37.6 Å². The molecular weight excluding hydrogens is 456 g/mol. The first-order valence-corrected chi connectivity index (χ1v) is 9.83. The Morgan fingerprint density at radius 2 is 2.00 bits per heavy atom. The number of nitrogens with zero attached hydrogens (tertiary/aromatic N) is 1. The van der Waals surface area contributed by atoms with Crippen molar-refractivity contribution in [2.45, 2.75) is 4.90 Å². The summed E-state index contributed by atoms with van der Waals surface area (Å²) in [7, 11) is 1.28. The van der Waals surface area contributed by atoms with Gasteiger partial charge in [0.25, 0.3) is 0 Å². The predicted octanol–water partition coefficient (Wildman–Crippen LogP) is 3.90. The quantitative estimate of drug-likeness (QED) is 0.273. The van der Waals surface area contributed by atoms with E-state index in [2.05, 4.69) is 31.2 Å². The lowest BCUT2D eigenvalue weighted by Gasteiger charge is -2.08. The Labute approximate surface area is 174 Å². The van der Waals surface area contributed by atoms with E-state index in [1.807, 2.05) is 12.1 Å². The van der Waals surface area contributed by atoms with Crippen LogP contribution in [0.1, 0.15) is 5.56 Å². The van der Waals surface area contributed by atoms with Gasteiger partial charge in [-0.3, -0.25) is 4.79 Å². The monoisotopic (exact) mass is 470 g/mol. The summed E-state index contributed by atoms with van der Waals surface area (Å²) in [6.45, 7) is -0.219. The summed E-state index contributed by atoms with van der Waals surface area (Å²) in [4.78, 5) is 24.1. The summed E-state index contributed by atoms with van der Waals surface area (Å²) < 4.78 is 10.8. The number of benzene rings is 2. The van der Waals surface area contributed by atoms with Gasteiger partial charge >= 0.3 is 5.97 Å². The molecule has 2 rings (SSSR count). The van der Waals surface area contributed by atoms with E-state index in [4.69, 9.17) is 16.3 Å². The molecule has 1 N–H and O–H groups in total. The van der Waals surface area contributed by atoms with Gasteiger partial charge < -0.3 is 9.47 Å². The number of thioether (sulfide) groups is 1. The second-order valence-corrected chi connectivity index (χ2v) is 7.48. The van der Waals surface area contributed by atoms with Gasteiger partial charge in [0.1, 0.15) is 5.75 Å². The summed E-state index contributed by atoms with van der Waals surface area (Å²) in [5.74, 6) is -0.0907. The number of hydrazone groups is 1. The van der Waals surface area contributed by atoms with Crippen molar-refractivity contribution in [3.05, 3.63) is 57.5 Å². The van der Waals surface area contributed by atoms with Gasteiger partial charge in [-0.15, -0.1) is 11.8 Å². The second-order valence-electron chi connectivity index (χ2n) is 5.08. The van der Waals surface area contributed by atoms with Gasteiger partial charge in [-0.05, 0) is 42.5 Å². The predicted molar refractivity (Wildman–Crippen MR) is 110 cm³/mol. The van der Waals surface area contributed by atoms with E-state index >= 15 is 0 Å². The highest BCUT2D eigenvalue weighted by Gasteiger charge is 2.07. The fraction of sp³-hybridized carbons (Fsp3) is 0.167.